The Morgan fingerprint density at radius 1 is 1.44 bits per heavy atom. The molecule has 3 rings (SSSR count). The van der Waals surface area contributed by atoms with E-state index in [1.165, 1.54) is 0 Å². The maximum Gasteiger partial charge on any atom is 0.359 e. The largest absolute Gasteiger partial charge is 0.457 e. The van der Waals surface area contributed by atoms with Crippen LogP contribution in [-0.2, 0) is 9.47 Å². The maximum atomic E-state index is 11.9. The molecular weight excluding hydrogens is 234 g/mol. The molecule has 0 bridgehead atoms. The molecule has 0 radical (unpaired) electrons. The molecule has 0 N–H and O–H groups in total. The number of aromatic nitrogens is 3. The summed E-state index contributed by atoms with van der Waals surface area (Å²) in [4.78, 5) is 16.0. The summed E-state index contributed by atoms with van der Waals surface area (Å²) in [5.74, 6) is -0.396. The Morgan fingerprint density at radius 2 is 2.28 bits per heavy atom. The lowest BCUT2D eigenvalue weighted by Crippen LogP contribution is -2.26. The van der Waals surface area contributed by atoms with E-state index in [2.05, 4.69) is 10.1 Å². The third-order valence-electron chi connectivity index (χ3n) is 2.89. The topological polar surface area (TPSA) is 65.7 Å². The van der Waals surface area contributed by atoms with Gasteiger partial charge in [-0.15, -0.1) is 0 Å². The van der Waals surface area contributed by atoms with E-state index in [0.29, 0.717) is 24.6 Å². The first-order chi connectivity index (χ1) is 8.83. The summed E-state index contributed by atoms with van der Waals surface area (Å²) in [5, 5.41) is 4.13. The summed E-state index contributed by atoms with van der Waals surface area (Å²) in [7, 11) is 0. The molecule has 2 aromatic rings. The minimum Gasteiger partial charge on any atom is -0.457 e. The van der Waals surface area contributed by atoms with Crippen molar-refractivity contribution in [2.24, 2.45) is 0 Å². The summed E-state index contributed by atoms with van der Waals surface area (Å²) in [5.41, 5.74) is 0.927. The van der Waals surface area contributed by atoms with E-state index in [4.69, 9.17) is 9.47 Å². The third-order valence-corrected chi connectivity index (χ3v) is 2.89. The second-order valence-corrected chi connectivity index (χ2v) is 4.17. The second kappa shape index (κ2) is 4.73. The van der Waals surface area contributed by atoms with Crippen LogP contribution in [0, 0.1) is 0 Å². The van der Waals surface area contributed by atoms with Crippen LogP contribution in [0.15, 0.2) is 24.5 Å². The van der Waals surface area contributed by atoms with Crippen LogP contribution in [0.1, 0.15) is 23.3 Å². The van der Waals surface area contributed by atoms with E-state index in [1.807, 2.05) is 0 Å². The predicted molar refractivity (Wildman–Crippen MR) is 62.2 cm³/mol. The van der Waals surface area contributed by atoms with E-state index in [1.54, 1.807) is 29.0 Å². The Balaban J connectivity index is 1.74. The molecule has 1 aliphatic heterocycles. The van der Waals surface area contributed by atoms with Crippen molar-refractivity contribution >= 4 is 11.6 Å². The minimum absolute atomic E-state index is 0.0657. The quantitative estimate of drug-likeness (QED) is 0.742. The van der Waals surface area contributed by atoms with Crippen molar-refractivity contribution in [3.8, 4) is 0 Å². The molecule has 0 aromatic carbocycles. The summed E-state index contributed by atoms with van der Waals surface area (Å²) >= 11 is 0. The number of hydrogen-bond donors (Lipinski definition) is 0. The molecule has 3 heterocycles. The van der Waals surface area contributed by atoms with Gasteiger partial charge in [-0.1, -0.05) is 0 Å². The standard InChI is InChI=1S/C12H13N3O3/c16-12(18-9-2-6-17-7-3-9)10-8-11-13-4-1-5-15(11)14-10/h1,4-5,8-9H,2-3,6-7H2. The fraction of sp³-hybridized carbons (Fsp3) is 0.417. The van der Waals surface area contributed by atoms with E-state index >= 15 is 0 Å². The lowest BCUT2D eigenvalue weighted by atomic mass is 10.1. The number of fused-ring (bicyclic) bond motifs is 1. The fourth-order valence-corrected chi connectivity index (χ4v) is 1.94. The third kappa shape index (κ3) is 2.19. The molecule has 94 valence electrons. The normalized spacial score (nSPS) is 16.9. The number of hydrogen-bond acceptors (Lipinski definition) is 5. The van der Waals surface area contributed by atoms with Crippen molar-refractivity contribution in [3.05, 3.63) is 30.2 Å². The molecule has 1 aliphatic rings. The molecule has 0 spiro atoms. The Labute approximate surface area is 104 Å². The van der Waals surface area contributed by atoms with Gasteiger partial charge in [0.15, 0.2) is 11.3 Å². The van der Waals surface area contributed by atoms with Gasteiger partial charge in [0, 0.05) is 31.3 Å². The Bertz CT molecular complexity index is 527. The molecular formula is C12H13N3O3. The lowest BCUT2D eigenvalue weighted by Gasteiger charge is -2.21. The van der Waals surface area contributed by atoms with Crippen molar-refractivity contribution < 1.29 is 14.3 Å². The molecule has 18 heavy (non-hydrogen) atoms. The highest BCUT2D eigenvalue weighted by molar-refractivity contribution is 5.88. The number of ether oxygens (including phenoxy) is 2. The highest BCUT2D eigenvalue weighted by Gasteiger charge is 2.21. The molecule has 1 fully saturated rings. The molecule has 2 aromatic heterocycles. The number of carbonyl (C=O) groups is 1. The highest BCUT2D eigenvalue weighted by Crippen LogP contribution is 2.13. The van der Waals surface area contributed by atoms with Crippen LogP contribution in [0.25, 0.3) is 5.65 Å². The molecule has 1 saturated heterocycles. The first-order valence-electron chi connectivity index (χ1n) is 5.92. The van der Waals surface area contributed by atoms with Gasteiger partial charge >= 0.3 is 5.97 Å². The van der Waals surface area contributed by atoms with Crippen LogP contribution in [0.4, 0.5) is 0 Å². The van der Waals surface area contributed by atoms with Crippen molar-refractivity contribution in [1.29, 1.82) is 0 Å². The molecule has 0 amide bonds. The summed E-state index contributed by atoms with van der Waals surface area (Å²) in [6.07, 6.45) is 4.83. The Kier molecular flexibility index (Phi) is 2.93. The van der Waals surface area contributed by atoms with E-state index < -0.39 is 5.97 Å². The average Bonchev–Trinajstić information content (AvgIpc) is 2.84. The van der Waals surface area contributed by atoms with Crippen molar-refractivity contribution in [1.82, 2.24) is 14.6 Å². The predicted octanol–water partition coefficient (Wildman–Crippen LogP) is 1.07. The van der Waals surface area contributed by atoms with Crippen molar-refractivity contribution in [2.75, 3.05) is 13.2 Å². The van der Waals surface area contributed by atoms with Crippen LogP contribution in [0.5, 0.6) is 0 Å². The minimum atomic E-state index is -0.396. The number of rotatable bonds is 2. The van der Waals surface area contributed by atoms with E-state index in [0.717, 1.165) is 12.8 Å². The van der Waals surface area contributed by atoms with Gasteiger partial charge in [-0.25, -0.2) is 14.3 Å². The van der Waals surface area contributed by atoms with E-state index in [-0.39, 0.29) is 6.10 Å². The highest BCUT2D eigenvalue weighted by atomic mass is 16.6. The fourth-order valence-electron chi connectivity index (χ4n) is 1.94. The van der Waals surface area contributed by atoms with Crippen LogP contribution in [0.2, 0.25) is 0 Å². The van der Waals surface area contributed by atoms with Crippen molar-refractivity contribution in [2.45, 2.75) is 18.9 Å². The van der Waals surface area contributed by atoms with Crippen LogP contribution >= 0.6 is 0 Å². The monoisotopic (exact) mass is 247 g/mol. The Hall–Kier alpha value is -1.95. The Morgan fingerprint density at radius 3 is 3.06 bits per heavy atom. The lowest BCUT2D eigenvalue weighted by molar-refractivity contribution is -0.0163. The van der Waals surface area contributed by atoms with Gasteiger partial charge in [0.2, 0.25) is 0 Å². The summed E-state index contributed by atoms with van der Waals surface area (Å²) in [6.45, 7) is 1.29. The van der Waals surface area contributed by atoms with Crippen LogP contribution < -0.4 is 0 Å². The molecule has 6 heteroatoms. The zero-order valence-corrected chi connectivity index (χ0v) is 9.78. The first kappa shape index (κ1) is 11.2. The van der Waals surface area contributed by atoms with Crippen molar-refractivity contribution in [3.63, 3.8) is 0 Å². The number of carbonyl (C=O) groups excluding carboxylic acids is 1. The maximum absolute atomic E-state index is 11.9. The zero-order valence-electron chi connectivity index (χ0n) is 9.78. The van der Waals surface area contributed by atoms with Gasteiger partial charge in [-0.05, 0) is 6.07 Å². The van der Waals surface area contributed by atoms with Gasteiger partial charge in [-0.3, -0.25) is 0 Å². The molecule has 0 aliphatic carbocycles. The molecule has 0 unspecified atom stereocenters. The average molecular weight is 247 g/mol. The van der Waals surface area contributed by atoms with Crippen LogP contribution in [0.3, 0.4) is 0 Å². The van der Waals surface area contributed by atoms with E-state index in [9.17, 15) is 4.79 Å². The first-order valence-corrected chi connectivity index (χ1v) is 5.92. The van der Waals surface area contributed by atoms with Crippen LogP contribution in [-0.4, -0.2) is 39.9 Å². The van der Waals surface area contributed by atoms with Gasteiger partial charge in [0.1, 0.15) is 6.10 Å². The van der Waals surface area contributed by atoms with Gasteiger partial charge < -0.3 is 9.47 Å². The van der Waals surface area contributed by atoms with Gasteiger partial charge in [-0.2, -0.15) is 5.10 Å². The SMILES string of the molecule is O=C(OC1CCOCC1)c1cc2ncccn2n1. The number of nitrogens with zero attached hydrogens (tertiary/aromatic N) is 3. The second-order valence-electron chi connectivity index (χ2n) is 4.17. The molecule has 0 atom stereocenters. The molecule has 0 saturated carbocycles. The summed E-state index contributed by atoms with van der Waals surface area (Å²) < 4.78 is 12.2. The molecule has 6 nitrogen and oxygen atoms in total. The van der Waals surface area contributed by atoms with Gasteiger partial charge in [0.05, 0.1) is 13.2 Å². The van der Waals surface area contributed by atoms with Gasteiger partial charge in [0.25, 0.3) is 0 Å². The smallest absolute Gasteiger partial charge is 0.359 e. The number of esters is 1. The summed E-state index contributed by atoms with van der Waals surface area (Å²) in [6, 6.07) is 3.38. The zero-order chi connectivity index (χ0) is 12.4.